The van der Waals surface area contributed by atoms with E-state index >= 15 is 0 Å². The van der Waals surface area contributed by atoms with Gasteiger partial charge < -0.3 is 0 Å². The average Bonchev–Trinajstić information content (AvgIpc) is 1.96. The van der Waals surface area contributed by atoms with Crippen LogP contribution in [0.15, 0.2) is 12.1 Å². The molecule has 0 fully saturated rings. The summed E-state index contributed by atoms with van der Waals surface area (Å²) in [4.78, 5) is 10.5. The van der Waals surface area contributed by atoms with E-state index in [0.717, 1.165) is 6.07 Å². The first kappa shape index (κ1) is 9.42. The molecule has 0 amide bonds. The molecule has 0 aliphatic heterocycles. The van der Waals surface area contributed by atoms with Crippen molar-refractivity contribution in [2.24, 2.45) is 0 Å². The van der Waals surface area contributed by atoms with Crippen LogP contribution < -0.4 is 0 Å². The molecule has 0 radical (unpaired) electrons. The third kappa shape index (κ3) is 1.73. The number of hydrogen-bond acceptors (Lipinski definition) is 1. The van der Waals surface area contributed by atoms with Crippen molar-refractivity contribution in [3.05, 3.63) is 34.4 Å². The minimum atomic E-state index is -0.999. The predicted molar refractivity (Wildman–Crippen MR) is 41.6 cm³/mol. The van der Waals surface area contributed by atoms with Gasteiger partial charge in [-0.2, -0.15) is 0 Å². The summed E-state index contributed by atoms with van der Waals surface area (Å²) in [7, 11) is 0. The zero-order valence-electron chi connectivity index (χ0n) is 5.57. The first-order chi connectivity index (χ1) is 5.52. The molecular formula is C7H2Cl2F2O. The van der Waals surface area contributed by atoms with E-state index in [1.54, 1.807) is 0 Å². The van der Waals surface area contributed by atoms with Crippen LogP contribution in [-0.2, 0) is 0 Å². The maximum absolute atomic E-state index is 12.6. The van der Waals surface area contributed by atoms with Gasteiger partial charge in [0.05, 0.1) is 10.6 Å². The van der Waals surface area contributed by atoms with Crippen LogP contribution in [0.25, 0.3) is 0 Å². The zero-order chi connectivity index (χ0) is 9.30. The lowest BCUT2D eigenvalue weighted by Crippen LogP contribution is -1.94. The smallest absolute Gasteiger partial charge is 0.254 e. The Balaban J connectivity index is 3.37. The quantitative estimate of drug-likeness (QED) is 0.515. The highest BCUT2D eigenvalue weighted by atomic mass is 35.5. The second kappa shape index (κ2) is 3.37. The van der Waals surface area contributed by atoms with Gasteiger partial charge >= 0.3 is 0 Å². The molecule has 12 heavy (non-hydrogen) atoms. The fraction of sp³-hybridized carbons (Fsp3) is 0. The molecule has 5 heteroatoms. The summed E-state index contributed by atoms with van der Waals surface area (Å²) in [6, 6.07) is 1.35. The lowest BCUT2D eigenvalue weighted by atomic mass is 10.2. The lowest BCUT2D eigenvalue weighted by molar-refractivity contribution is 0.108. The number of benzene rings is 1. The number of rotatable bonds is 1. The fourth-order valence-electron chi connectivity index (χ4n) is 0.699. The third-order valence-corrected chi connectivity index (χ3v) is 1.79. The standard InChI is InChI=1S/C7H2Cl2F2O/c8-6-4(7(9)12)1-3(10)2-5(6)11/h1-2H. The van der Waals surface area contributed by atoms with Crippen LogP contribution in [0.5, 0.6) is 0 Å². The SMILES string of the molecule is O=C(Cl)c1cc(F)cc(F)c1Cl. The molecule has 0 unspecified atom stereocenters. The van der Waals surface area contributed by atoms with E-state index in [1.165, 1.54) is 0 Å². The van der Waals surface area contributed by atoms with E-state index in [-0.39, 0.29) is 5.56 Å². The maximum atomic E-state index is 12.6. The van der Waals surface area contributed by atoms with E-state index in [2.05, 4.69) is 0 Å². The van der Waals surface area contributed by atoms with Crippen LogP contribution in [0, 0.1) is 11.6 Å². The molecule has 0 N–H and O–H groups in total. The Bertz CT molecular complexity index is 338. The molecule has 64 valence electrons. The summed E-state index contributed by atoms with van der Waals surface area (Å²) < 4.78 is 25.1. The Labute approximate surface area is 76.9 Å². The molecule has 0 heterocycles. The van der Waals surface area contributed by atoms with Gasteiger partial charge in [0, 0.05) is 6.07 Å². The number of carbonyl (C=O) groups excluding carboxylic acids is 1. The molecular weight excluding hydrogens is 209 g/mol. The molecule has 1 aromatic carbocycles. The lowest BCUT2D eigenvalue weighted by Gasteiger charge is -1.99. The average molecular weight is 211 g/mol. The van der Waals surface area contributed by atoms with Crippen molar-refractivity contribution in [3.8, 4) is 0 Å². The van der Waals surface area contributed by atoms with Gasteiger partial charge in [0.25, 0.3) is 5.24 Å². The maximum Gasteiger partial charge on any atom is 0.254 e. The number of hydrogen-bond donors (Lipinski definition) is 0. The van der Waals surface area contributed by atoms with E-state index in [4.69, 9.17) is 23.2 Å². The van der Waals surface area contributed by atoms with Gasteiger partial charge in [-0.1, -0.05) is 11.6 Å². The Kier molecular flexibility index (Phi) is 2.65. The van der Waals surface area contributed by atoms with Crippen molar-refractivity contribution in [2.75, 3.05) is 0 Å². The Hall–Kier alpha value is -0.670. The minimum absolute atomic E-state index is 0.365. The monoisotopic (exact) mass is 210 g/mol. The minimum Gasteiger partial charge on any atom is -0.276 e. The molecule has 1 aromatic rings. The van der Waals surface area contributed by atoms with Crippen molar-refractivity contribution >= 4 is 28.4 Å². The van der Waals surface area contributed by atoms with E-state index in [0.29, 0.717) is 6.07 Å². The molecule has 0 atom stereocenters. The summed E-state index contributed by atoms with van der Waals surface area (Å²) in [6.07, 6.45) is 0. The van der Waals surface area contributed by atoms with E-state index in [9.17, 15) is 13.6 Å². The second-order valence-electron chi connectivity index (χ2n) is 2.02. The van der Waals surface area contributed by atoms with Crippen LogP contribution in [0.1, 0.15) is 10.4 Å². The van der Waals surface area contributed by atoms with Crippen LogP contribution in [0.2, 0.25) is 5.02 Å². The van der Waals surface area contributed by atoms with Crippen molar-refractivity contribution < 1.29 is 13.6 Å². The topological polar surface area (TPSA) is 17.1 Å². The van der Waals surface area contributed by atoms with Crippen LogP contribution >= 0.6 is 23.2 Å². The summed E-state index contributed by atoms with van der Waals surface area (Å²) in [6.45, 7) is 0. The van der Waals surface area contributed by atoms with Crippen LogP contribution in [0.4, 0.5) is 8.78 Å². The van der Waals surface area contributed by atoms with E-state index in [1.807, 2.05) is 0 Å². The Morgan fingerprint density at radius 3 is 2.42 bits per heavy atom. The molecule has 0 saturated heterocycles. The number of carbonyl (C=O) groups is 1. The molecule has 0 bridgehead atoms. The Morgan fingerprint density at radius 2 is 1.92 bits per heavy atom. The molecule has 0 saturated carbocycles. The largest absolute Gasteiger partial charge is 0.276 e. The van der Waals surface area contributed by atoms with Crippen molar-refractivity contribution in [2.45, 2.75) is 0 Å². The fourth-order valence-corrected chi connectivity index (χ4v) is 1.09. The van der Waals surface area contributed by atoms with Gasteiger partial charge in [0.2, 0.25) is 0 Å². The number of halogens is 4. The predicted octanol–water partition coefficient (Wildman–Crippen LogP) is 3.00. The highest BCUT2D eigenvalue weighted by molar-refractivity contribution is 6.68. The molecule has 0 aliphatic carbocycles. The van der Waals surface area contributed by atoms with Crippen molar-refractivity contribution in [1.82, 2.24) is 0 Å². The van der Waals surface area contributed by atoms with Gasteiger partial charge in [-0.25, -0.2) is 8.78 Å². The first-order valence-corrected chi connectivity index (χ1v) is 3.62. The highest BCUT2D eigenvalue weighted by Crippen LogP contribution is 2.22. The summed E-state index contributed by atoms with van der Waals surface area (Å²) in [5.74, 6) is -1.89. The molecule has 0 spiro atoms. The Morgan fingerprint density at radius 1 is 1.33 bits per heavy atom. The summed E-state index contributed by atoms with van der Waals surface area (Å²) in [5.41, 5.74) is -0.365. The van der Waals surface area contributed by atoms with Crippen molar-refractivity contribution in [1.29, 1.82) is 0 Å². The molecule has 1 nitrogen and oxygen atoms in total. The second-order valence-corrected chi connectivity index (χ2v) is 2.74. The van der Waals surface area contributed by atoms with Gasteiger partial charge in [-0.15, -0.1) is 0 Å². The zero-order valence-corrected chi connectivity index (χ0v) is 7.09. The molecule has 0 aromatic heterocycles. The van der Waals surface area contributed by atoms with Gasteiger partial charge in [0.1, 0.15) is 11.6 Å². The van der Waals surface area contributed by atoms with Crippen LogP contribution in [-0.4, -0.2) is 5.24 Å². The van der Waals surface area contributed by atoms with Gasteiger partial charge in [-0.3, -0.25) is 4.79 Å². The van der Waals surface area contributed by atoms with Crippen molar-refractivity contribution in [3.63, 3.8) is 0 Å². The highest BCUT2D eigenvalue weighted by Gasteiger charge is 2.13. The third-order valence-electron chi connectivity index (χ3n) is 1.20. The first-order valence-electron chi connectivity index (χ1n) is 2.86. The van der Waals surface area contributed by atoms with Gasteiger partial charge in [-0.05, 0) is 17.7 Å². The molecule has 1 rings (SSSR count). The van der Waals surface area contributed by atoms with E-state index < -0.39 is 21.9 Å². The molecule has 0 aliphatic rings. The summed E-state index contributed by atoms with van der Waals surface area (Å²) in [5, 5.41) is -1.45. The normalized spacial score (nSPS) is 10.0. The van der Waals surface area contributed by atoms with Gasteiger partial charge in [0.15, 0.2) is 0 Å². The van der Waals surface area contributed by atoms with Crippen LogP contribution in [0.3, 0.4) is 0 Å². The summed E-state index contributed by atoms with van der Waals surface area (Å²) >= 11 is 10.3.